The first-order valence-electron chi connectivity index (χ1n) is 11.2. The number of nitrogens with two attached hydrogens (primary N) is 1. The molecule has 0 radical (unpaired) electrons. The molecule has 5 rings (SSSR count). The first kappa shape index (κ1) is 24.9. The number of halogens is 1. The smallest absolute Gasteiger partial charge is 0.398 e. The second kappa shape index (κ2) is 11.0. The van der Waals surface area contributed by atoms with Gasteiger partial charge in [0.2, 0.25) is 5.13 Å². The summed E-state index contributed by atoms with van der Waals surface area (Å²) in [5.74, 6) is 0.593. The summed E-state index contributed by atoms with van der Waals surface area (Å²) in [6, 6.07) is 11.0. The van der Waals surface area contributed by atoms with Gasteiger partial charge in [-0.3, -0.25) is 15.1 Å². The number of piperazine rings is 1. The molecule has 2 saturated heterocycles. The van der Waals surface area contributed by atoms with E-state index < -0.39 is 4.92 Å². The average molecular weight is 520 g/mol. The number of ether oxygens (including phenoxy) is 1. The highest BCUT2D eigenvalue weighted by Crippen LogP contribution is 2.32. The van der Waals surface area contributed by atoms with Gasteiger partial charge in [-0.15, -0.1) is 22.6 Å². The van der Waals surface area contributed by atoms with Crippen molar-refractivity contribution < 1.29 is 14.1 Å². The number of hydrogen-bond acceptors (Lipinski definition) is 10. The second-order valence-electron chi connectivity index (χ2n) is 8.17. The third-order valence-electron chi connectivity index (χ3n) is 5.96. The molecule has 13 heteroatoms. The van der Waals surface area contributed by atoms with Crippen LogP contribution in [0.3, 0.4) is 0 Å². The summed E-state index contributed by atoms with van der Waals surface area (Å²) in [5.41, 5.74) is 8.22. The molecule has 3 aromatic rings. The molecule has 0 saturated carbocycles. The molecule has 0 aliphatic carbocycles. The lowest BCUT2D eigenvalue weighted by atomic mass is 10.1. The molecule has 2 aliphatic heterocycles. The molecule has 186 valence electrons. The number of benzene rings is 1. The Balaban J connectivity index is 0.00000289. The summed E-state index contributed by atoms with van der Waals surface area (Å²) in [6.45, 7) is 4.68. The van der Waals surface area contributed by atoms with Crippen molar-refractivity contribution in [3.8, 4) is 10.8 Å². The van der Waals surface area contributed by atoms with E-state index in [0.29, 0.717) is 23.1 Å². The number of amidine groups is 1. The molecule has 35 heavy (non-hydrogen) atoms. The zero-order chi connectivity index (χ0) is 23.5. The Morgan fingerprint density at radius 3 is 2.54 bits per heavy atom. The van der Waals surface area contributed by atoms with E-state index in [1.165, 1.54) is 17.4 Å². The summed E-state index contributed by atoms with van der Waals surface area (Å²) < 4.78 is 10.8. The van der Waals surface area contributed by atoms with Crippen molar-refractivity contribution >= 4 is 46.3 Å². The summed E-state index contributed by atoms with van der Waals surface area (Å²) in [5, 5.41) is 20.5. The Morgan fingerprint density at radius 2 is 1.89 bits per heavy atom. The number of nitro groups is 1. The van der Waals surface area contributed by atoms with Crippen molar-refractivity contribution in [3.63, 3.8) is 0 Å². The van der Waals surface area contributed by atoms with Crippen LogP contribution >= 0.6 is 23.7 Å². The quantitative estimate of drug-likeness (QED) is 0.215. The molecule has 1 unspecified atom stereocenters. The lowest BCUT2D eigenvalue weighted by molar-refractivity contribution is -0.401. The van der Waals surface area contributed by atoms with E-state index in [1.807, 2.05) is 12.1 Å². The fraction of sp³-hybridized carbons (Fsp3) is 0.409. The van der Waals surface area contributed by atoms with Crippen LogP contribution in [0.4, 0.5) is 16.7 Å². The van der Waals surface area contributed by atoms with Gasteiger partial charge in [0.15, 0.2) is 10.8 Å². The highest BCUT2D eigenvalue weighted by Gasteiger charge is 2.23. The van der Waals surface area contributed by atoms with Crippen LogP contribution in [0.1, 0.15) is 18.4 Å². The Hall–Kier alpha value is -3.22. The Bertz CT molecular complexity index is 1170. The monoisotopic (exact) mass is 519 g/mol. The molecule has 2 fully saturated rings. The fourth-order valence-corrected chi connectivity index (χ4v) is 4.92. The molecule has 2 N–H and O–H groups in total. The average Bonchev–Trinajstić information content (AvgIpc) is 3.64. The van der Waals surface area contributed by atoms with Crippen molar-refractivity contribution in [2.75, 3.05) is 49.1 Å². The summed E-state index contributed by atoms with van der Waals surface area (Å²) >= 11 is 1.37. The maximum Gasteiger partial charge on any atom is 0.433 e. The van der Waals surface area contributed by atoms with E-state index in [9.17, 15) is 10.1 Å². The van der Waals surface area contributed by atoms with Crippen LogP contribution in [-0.4, -0.2) is 66.4 Å². The summed E-state index contributed by atoms with van der Waals surface area (Å²) in [4.78, 5) is 19.2. The fourth-order valence-electron chi connectivity index (χ4n) is 4.06. The number of furan rings is 1. The van der Waals surface area contributed by atoms with Crippen LogP contribution in [0.2, 0.25) is 0 Å². The van der Waals surface area contributed by atoms with Gasteiger partial charge in [-0.2, -0.15) is 0 Å². The third-order valence-corrected chi connectivity index (χ3v) is 6.96. The minimum atomic E-state index is -0.566. The van der Waals surface area contributed by atoms with Crippen molar-refractivity contribution in [1.82, 2.24) is 10.2 Å². The molecule has 2 aromatic heterocycles. The van der Waals surface area contributed by atoms with Gasteiger partial charge in [0.1, 0.15) is 10.8 Å². The minimum Gasteiger partial charge on any atom is -0.398 e. The molecule has 0 amide bonds. The number of aromatic nitrogens is 2. The van der Waals surface area contributed by atoms with Gasteiger partial charge in [0.25, 0.3) is 0 Å². The molecular weight excluding hydrogens is 494 g/mol. The largest absolute Gasteiger partial charge is 0.433 e. The zero-order valence-corrected chi connectivity index (χ0v) is 20.5. The molecule has 0 spiro atoms. The van der Waals surface area contributed by atoms with Crippen molar-refractivity contribution in [1.29, 1.82) is 0 Å². The van der Waals surface area contributed by atoms with Gasteiger partial charge in [-0.1, -0.05) is 11.3 Å². The van der Waals surface area contributed by atoms with E-state index in [0.717, 1.165) is 62.0 Å². The number of anilines is 2. The molecule has 2 aliphatic rings. The van der Waals surface area contributed by atoms with E-state index >= 15 is 0 Å². The van der Waals surface area contributed by atoms with Gasteiger partial charge >= 0.3 is 5.88 Å². The standard InChI is InChI=1S/C22H25N7O4S.ClH/c23-20(24-14-17-2-1-13-32-17)15-3-5-16(6-4-15)27-9-11-28(12-10-27)22-26-25-21(34-22)18-7-8-19(33-18)29(30)31;/h3-8,17H,1-2,9-14H2,(H2,23,24);1H. The lowest BCUT2D eigenvalue weighted by Gasteiger charge is -2.35. The normalized spacial score (nSPS) is 18.5. The first-order chi connectivity index (χ1) is 16.6. The van der Waals surface area contributed by atoms with E-state index in [4.69, 9.17) is 14.9 Å². The molecule has 1 aromatic carbocycles. The minimum absolute atomic E-state index is 0. The van der Waals surface area contributed by atoms with E-state index in [2.05, 4.69) is 37.1 Å². The van der Waals surface area contributed by atoms with Crippen molar-refractivity contribution in [2.45, 2.75) is 18.9 Å². The van der Waals surface area contributed by atoms with Crippen LogP contribution in [0.5, 0.6) is 0 Å². The molecule has 0 bridgehead atoms. The van der Waals surface area contributed by atoms with Crippen LogP contribution in [0.25, 0.3) is 10.8 Å². The third kappa shape index (κ3) is 5.72. The van der Waals surface area contributed by atoms with E-state index in [-0.39, 0.29) is 24.4 Å². The van der Waals surface area contributed by atoms with Gasteiger partial charge in [0.05, 0.1) is 18.7 Å². The van der Waals surface area contributed by atoms with Gasteiger partial charge in [-0.25, -0.2) is 0 Å². The van der Waals surface area contributed by atoms with E-state index in [1.54, 1.807) is 6.07 Å². The lowest BCUT2D eigenvalue weighted by Crippen LogP contribution is -2.46. The Kier molecular flexibility index (Phi) is 7.83. The highest BCUT2D eigenvalue weighted by atomic mass is 35.5. The van der Waals surface area contributed by atoms with Crippen LogP contribution in [-0.2, 0) is 4.74 Å². The zero-order valence-electron chi connectivity index (χ0n) is 18.9. The van der Waals surface area contributed by atoms with Gasteiger partial charge in [0, 0.05) is 44.0 Å². The van der Waals surface area contributed by atoms with Gasteiger partial charge in [-0.05, 0) is 43.2 Å². The number of rotatable bonds is 7. The SMILES string of the molecule is Cl.NC(=NCC1CCCO1)c1ccc(N2CCN(c3nnc(-c4ccc([N+](=O)[O-])o4)s3)CC2)cc1. The molecular formula is C22H26ClN7O4S. The predicted molar refractivity (Wildman–Crippen MR) is 137 cm³/mol. The Morgan fingerprint density at radius 1 is 1.14 bits per heavy atom. The predicted octanol–water partition coefficient (Wildman–Crippen LogP) is 3.34. The molecule has 11 nitrogen and oxygen atoms in total. The summed E-state index contributed by atoms with van der Waals surface area (Å²) in [7, 11) is 0. The maximum atomic E-state index is 10.8. The van der Waals surface area contributed by atoms with Crippen LogP contribution in [0.15, 0.2) is 45.8 Å². The number of nitrogens with zero attached hydrogens (tertiary/aromatic N) is 6. The van der Waals surface area contributed by atoms with Crippen LogP contribution in [0, 0.1) is 10.1 Å². The number of aliphatic imine (C=N–C) groups is 1. The molecule has 1 atom stereocenters. The topological polar surface area (TPSA) is 136 Å². The maximum absolute atomic E-state index is 10.8. The van der Waals surface area contributed by atoms with Gasteiger partial charge < -0.3 is 24.7 Å². The Labute approximate surface area is 212 Å². The first-order valence-corrected chi connectivity index (χ1v) is 12.0. The van der Waals surface area contributed by atoms with Crippen molar-refractivity contribution in [3.05, 3.63) is 52.1 Å². The highest BCUT2D eigenvalue weighted by molar-refractivity contribution is 7.18. The summed E-state index contributed by atoms with van der Waals surface area (Å²) in [6.07, 6.45) is 2.33. The number of hydrogen-bond donors (Lipinski definition) is 1. The second-order valence-corrected chi connectivity index (χ2v) is 9.12. The molecule has 4 heterocycles. The van der Waals surface area contributed by atoms with Crippen molar-refractivity contribution in [2.24, 2.45) is 10.7 Å². The van der Waals surface area contributed by atoms with Crippen LogP contribution < -0.4 is 15.5 Å².